The maximum atomic E-state index is 13.2. The van der Waals surface area contributed by atoms with Gasteiger partial charge in [0.2, 0.25) is 10.0 Å². The van der Waals surface area contributed by atoms with Gasteiger partial charge in [-0.05, 0) is 105 Å². The zero-order valence-corrected chi connectivity index (χ0v) is 28.6. The van der Waals surface area contributed by atoms with Crippen LogP contribution in [0.1, 0.15) is 99.3 Å². The molecule has 46 heavy (non-hydrogen) atoms. The normalized spacial score (nSPS) is 15.1. The topological polar surface area (TPSA) is 66.5 Å². The van der Waals surface area contributed by atoms with Gasteiger partial charge in [0.05, 0.1) is 4.90 Å². The van der Waals surface area contributed by atoms with Crippen LogP contribution >= 0.6 is 0 Å². The Hall–Kier alpha value is -3.43. The van der Waals surface area contributed by atoms with Crippen molar-refractivity contribution in [2.45, 2.75) is 96.9 Å². The minimum absolute atomic E-state index is 0.0831. The van der Waals surface area contributed by atoms with Crippen molar-refractivity contribution < 1.29 is 26.4 Å². The number of piperidine rings is 1. The standard InChI is InChI=1S/C27H35FN2O3S.C10H12F2/c1-5-7-19(3)25(6-2)26-18-21(9-8-20(26)4)27(31)29-23-14-16-30(17-15-23)34(32,33)24-12-10-22(28)11-13-24;1-3-8-4-6-9(7-5-8)10(2,11)12/h8-13,18,23H,5-7,14-17H2,1-4H3,(H,29,31);4-7H,3H2,1-2H3/b25-19+;. The molecule has 0 aliphatic carbocycles. The first-order chi connectivity index (χ1) is 21.7. The number of aryl methyl sites for hydroxylation is 2. The van der Waals surface area contributed by atoms with Gasteiger partial charge in [-0.25, -0.2) is 21.6 Å². The van der Waals surface area contributed by atoms with E-state index < -0.39 is 21.8 Å². The van der Waals surface area contributed by atoms with Gasteiger partial charge in [0, 0.05) is 37.2 Å². The Labute approximate surface area is 273 Å². The fourth-order valence-corrected chi connectivity index (χ4v) is 7.10. The van der Waals surface area contributed by atoms with Gasteiger partial charge < -0.3 is 5.32 Å². The van der Waals surface area contributed by atoms with Crippen LogP contribution in [0.5, 0.6) is 0 Å². The van der Waals surface area contributed by atoms with Crippen LogP contribution in [0.3, 0.4) is 0 Å². The average Bonchev–Trinajstić information content (AvgIpc) is 3.03. The molecule has 1 aliphatic heterocycles. The number of nitrogens with zero attached hydrogens (tertiary/aromatic N) is 1. The molecule has 250 valence electrons. The van der Waals surface area contributed by atoms with Crippen molar-refractivity contribution in [1.82, 2.24) is 9.62 Å². The van der Waals surface area contributed by atoms with E-state index in [4.69, 9.17) is 0 Å². The van der Waals surface area contributed by atoms with Gasteiger partial charge in [-0.2, -0.15) is 4.31 Å². The zero-order chi connectivity index (χ0) is 34.1. The van der Waals surface area contributed by atoms with E-state index in [0.717, 1.165) is 61.4 Å². The summed E-state index contributed by atoms with van der Waals surface area (Å²) in [7, 11) is -3.67. The predicted molar refractivity (Wildman–Crippen MR) is 180 cm³/mol. The molecule has 0 bridgehead atoms. The van der Waals surface area contributed by atoms with Crippen LogP contribution < -0.4 is 5.32 Å². The number of sulfonamides is 1. The summed E-state index contributed by atoms with van der Waals surface area (Å²) in [5.74, 6) is -3.32. The van der Waals surface area contributed by atoms with Crippen molar-refractivity contribution in [2.75, 3.05) is 13.1 Å². The maximum absolute atomic E-state index is 13.2. The van der Waals surface area contributed by atoms with Crippen LogP contribution in [0.25, 0.3) is 5.57 Å². The highest BCUT2D eigenvalue weighted by Crippen LogP contribution is 2.29. The molecular weight excluding hydrogens is 609 g/mol. The highest BCUT2D eigenvalue weighted by atomic mass is 32.2. The number of benzene rings is 3. The minimum atomic E-state index is -3.67. The summed E-state index contributed by atoms with van der Waals surface area (Å²) in [6, 6.07) is 17.1. The molecule has 1 N–H and O–H groups in total. The van der Waals surface area contributed by atoms with Crippen LogP contribution in [0.4, 0.5) is 13.2 Å². The molecule has 1 saturated heterocycles. The van der Waals surface area contributed by atoms with E-state index in [-0.39, 0.29) is 22.4 Å². The summed E-state index contributed by atoms with van der Waals surface area (Å²) in [5, 5.41) is 3.09. The molecule has 0 spiro atoms. The van der Waals surface area contributed by atoms with Crippen molar-refractivity contribution >= 4 is 21.5 Å². The van der Waals surface area contributed by atoms with Crippen molar-refractivity contribution in [1.29, 1.82) is 0 Å². The van der Waals surface area contributed by atoms with Crippen LogP contribution in [-0.2, 0) is 22.4 Å². The van der Waals surface area contributed by atoms with Gasteiger partial charge in [0.25, 0.3) is 11.8 Å². The summed E-state index contributed by atoms with van der Waals surface area (Å²) in [6.45, 7) is 12.1. The number of hydrogen-bond acceptors (Lipinski definition) is 3. The molecule has 5 nitrogen and oxygen atoms in total. The fraction of sp³-hybridized carbons (Fsp3) is 0.432. The van der Waals surface area contributed by atoms with E-state index in [1.165, 1.54) is 39.7 Å². The molecule has 1 aliphatic rings. The first kappa shape index (κ1) is 37.0. The van der Waals surface area contributed by atoms with Crippen molar-refractivity contribution in [3.8, 4) is 0 Å². The molecule has 0 radical (unpaired) electrons. The Morgan fingerprint density at radius 2 is 1.57 bits per heavy atom. The lowest BCUT2D eigenvalue weighted by molar-refractivity contribution is 0.0174. The molecule has 1 fully saturated rings. The van der Waals surface area contributed by atoms with Gasteiger partial charge >= 0.3 is 0 Å². The highest BCUT2D eigenvalue weighted by molar-refractivity contribution is 7.89. The van der Waals surface area contributed by atoms with Crippen LogP contribution in [0.2, 0.25) is 0 Å². The van der Waals surface area contributed by atoms with Crippen LogP contribution in [-0.4, -0.2) is 37.8 Å². The molecule has 9 heteroatoms. The number of carbonyl (C=O) groups is 1. The molecule has 1 amide bonds. The Bertz CT molecular complexity index is 1590. The number of alkyl halides is 2. The quantitative estimate of drug-likeness (QED) is 0.237. The molecule has 0 aromatic heterocycles. The molecule has 1 heterocycles. The first-order valence-corrected chi connectivity index (χ1v) is 17.5. The lowest BCUT2D eigenvalue weighted by atomic mass is 9.91. The summed E-state index contributed by atoms with van der Waals surface area (Å²) < 4.78 is 65.6. The van der Waals surface area contributed by atoms with Crippen molar-refractivity contribution in [2.24, 2.45) is 0 Å². The SMILES string of the molecule is CCC/C(C)=C(\CC)c1cc(C(=O)NC2CCN(S(=O)(=O)c3ccc(F)cc3)CC2)ccc1C.CCc1ccc(C(C)(F)F)cc1. The Morgan fingerprint density at radius 3 is 2.09 bits per heavy atom. The smallest absolute Gasteiger partial charge is 0.270 e. The lowest BCUT2D eigenvalue weighted by Gasteiger charge is -2.31. The molecule has 0 saturated carbocycles. The largest absolute Gasteiger partial charge is 0.349 e. The molecule has 0 atom stereocenters. The number of carbonyl (C=O) groups excluding carboxylic acids is 1. The first-order valence-electron chi connectivity index (χ1n) is 16.0. The Morgan fingerprint density at radius 1 is 0.957 bits per heavy atom. The molecule has 3 aromatic carbocycles. The zero-order valence-electron chi connectivity index (χ0n) is 27.8. The lowest BCUT2D eigenvalue weighted by Crippen LogP contribution is -2.46. The average molecular weight is 657 g/mol. The highest BCUT2D eigenvalue weighted by Gasteiger charge is 2.30. The van der Waals surface area contributed by atoms with E-state index in [0.29, 0.717) is 31.5 Å². The number of amides is 1. The number of allylic oxidation sites excluding steroid dienone is 2. The summed E-state index contributed by atoms with van der Waals surface area (Å²) >= 11 is 0. The number of rotatable bonds is 10. The van der Waals surface area contributed by atoms with Crippen LogP contribution in [0.15, 0.2) is 77.2 Å². The second kappa shape index (κ2) is 16.4. The van der Waals surface area contributed by atoms with E-state index in [1.807, 2.05) is 25.1 Å². The van der Waals surface area contributed by atoms with Gasteiger partial charge in [0.15, 0.2) is 0 Å². The van der Waals surface area contributed by atoms with Gasteiger partial charge in [-0.1, -0.05) is 63.1 Å². The summed E-state index contributed by atoms with van der Waals surface area (Å²) in [4.78, 5) is 13.1. The summed E-state index contributed by atoms with van der Waals surface area (Å²) in [6.07, 6.45) is 4.98. The second-order valence-electron chi connectivity index (χ2n) is 11.9. The molecule has 0 unspecified atom stereocenters. The third kappa shape index (κ3) is 9.79. The third-order valence-electron chi connectivity index (χ3n) is 8.43. The Balaban J connectivity index is 0.000000402. The van der Waals surface area contributed by atoms with Gasteiger partial charge in [-0.3, -0.25) is 4.79 Å². The van der Waals surface area contributed by atoms with E-state index in [9.17, 15) is 26.4 Å². The monoisotopic (exact) mass is 656 g/mol. The third-order valence-corrected chi connectivity index (χ3v) is 10.3. The predicted octanol–water partition coefficient (Wildman–Crippen LogP) is 9.06. The number of halogens is 3. The van der Waals surface area contributed by atoms with E-state index >= 15 is 0 Å². The number of nitrogens with one attached hydrogen (secondary N) is 1. The number of hydrogen-bond donors (Lipinski definition) is 1. The second-order valence-corrected chi connectivity index (χ2v) is 13.9. The van der Waals surface area contributed by atoms with Gasteiger partial charge in [0.1, 0.15) is 5.82 Å². The van der Waals surface area contributed by atoms with Crippen molar-refractivity contribution in [3.05, 3.63) is 106 Å². The molecule has 3 aromatic rings. The minimum Gasteiger partial charge on any atom is -0.349 e. The van der Waals surface area contributed by atoms with Gasteiger partial charge in [-0.15, -0.1) is 0 Å². The van der Waals surface area contributed by atoms with E-state index in [1.54, 1.807) is 12.1 Å². The van der Waals surface area contributed by atoms with Crippen LogP contribution in [0, 0.1) is 12.7 Å². The molecular formula is C37H47F3N2O3S. The maximum Gasteiger partial charge on any atom is 0.270 e. The molecule has 4 rings (SSSR count). The van der Waals surface area contributed by atoms with E-state index in [2.05, 4.69) is 33.0 Å². The van der Waals surface area contributed by atoms with Crippen molar-refractivity contribution in [3.63, 3.8) is 0 Å². The summed E-state index contributed by atoms with van der Waals surface area (Å²) in [5.41, 5.74) is 6.73. The fourth-order valence-electron chi connectivity index (χ4n) is 5.63. The Kier molecular flexibility index (Phi) is 13.2.